The molecule has 0 bridgehead atoms. The molecule has 2 heterocycles. The standard InChI is InChI=1S/C33H23NS/c1-33(2)27-9-5-3-7-21(27)22-13-11-20(18-28(22)33)19-12-16-30-26(17-19)25-15-14-24-23-8-4-6-10-29(23)34-31(24)32(25)35-30/h3-18,34H,1-2H3. The summed E-state index contributed by atoms with van der Waals surface area (Å²) in [6, 6.07) is 36.0. The summed E-state index contributed by atoms with van der Waals surface area (Å²) in [7, 11) is 0. The summed E-state index contributed by atoms with van der Waals surface area (Å²) in [5.74, 6) is 0. The number of benzene rings is 5. The molecule has 0 fully saturated rings. The molecule has 5 aromatic carbocycles. The van der Waals surface area contributed by atoms with Crippen LogP contribution in [0.1, 0.15) is 25.0 Å². The van der Waals surface area contributed by atoms with E-state index in [1.165, 1.54) is 75.4 Å². The Morgan fingerprint density at radius 3 is 2.29 bits per heavy atom. The fourth-order valence-corrected chi connectivity index (χ4v) is 7.40. The highest BCUT2D eigenvalue weighted by molar-refractivity contribution is 7.26. The normalized spacial score (nSPS) is 14.2. The topological polar surface area (TPSA) is 15.8 Å². The summed E-state index contributed by atoms with van der Waals surface area (Å²) in [5, 5.41) is 5.27. The second-order valence-corrected chi connectivity index (χ2v) is 11.3. The van der Waals surface area contributed by atoms with Gasteiger partial charge in [0, 0.05) is 37.2 Å². The fraction of sp³-hybridized carbons (Fsp3) is 0.0909. The number of nitrogens with one attached hydrogen (secondary N) is 1. The van der Waals surface area contributed by atoms with E-state index in [0.29, 0.717) is 0 Å². The van der Waals surface area contributed by atoms with Crippen LogP contribution in [0.2, 0.25) is 0 Å². The highest BCUT2D eigenvalue weighted by Gasteiger charge is 2.35. The average Bonchev–Trinajstić information content (AvgIpc) is 3.52. The van der Waals surface area contributed by atoms with Crippen molar-refractivity contribution in [1.29, 1.82) is 0 Å². The van der Waals surface area contributed by atoms with E-state index in [1.54, 1.807) is 0 Å². The Morgan fingerprint density at radius 2 is 1.34 bits per heavy atom. The van der Waals surface area contributed by atoms with Crippen molar-refractivity contribution >= 4 is 53.3 Å². The van der Waals surface area contributed by atoms with Crippen molar-refractivity contribution in [3.05, 3.63) is 108 Å². The maximum absolute atomic E-state index is 3.68. The van der Waals surface area contributed by atoms with E-state index >= 15 is 0 Å². The minimum absolute atomic E-state index is 0.0162. The molecule has 1 nitrogen and oxygen atoms in total. The molecule has 0 amide bonds. The van der Waals surface area contributed by atoms with E-state index in [-0.39, 0.29) is 5.41 Å². The van der Waals surface area contributed by atoms with Gasteiger partial charge >= 0.3 is 0 Å². The summed E-state index contributed by atoms with van der Waals surface area (Å²) in [6.45, 7) is 4.70. The van der Waals surface area contributed by atoms with Gasteiger partial charge in [-0.1, -0.05) is 86.6 Å². The molecule has 0 saturated heterocycles. The SMILES string of the molecule is CC1(C)c2ccccc2-c2ccc(-c3ccc4sc5c(ccc6c7ccccc7[nH]c65)c4c3)cc21. The molecule has 166 valence electrons. The number of rotatable bonds is 1. The maximum Gasteiger partial charge on any atom is 0.0646 e. The number of para-hydroxylation sites is 1. The van der Waals surface area contributed by atoms with Gasteiger partial charge in [0.05, 0.1) is 10.2 Å². The van der Waals surface area contributed by atoms with E-state index in [0.717, 1.165) is 0 Å². The minimum atomic E-state index is 0.0162. The Bertz CT molecular complexity index is 1980. The van der Waals surface area contributed by atoms with Gasteiger partial charge in [0.1, 0.15) is 0 Å². The highest BCUT2D eigenvalue weighted by Crippen LogP contribution is 2.50. The quantitative estimate of drug-likeness (QED) is 0.248. The molecular weight excluding hydrogens is 442 g/mol. The number of hydrogen-bond acceptors (Lipinski definition) is 1. The first-order valence-corrected chi connectivity index (χ1v) is 13.0. The Kier molecular flexibility index (Phi) is 3.67. The molecule has 8 rings (SSSR count). The molecule has 7 aromatic rings. The van der Waals surface area contributed by atoms with Gasteiger partial charge in [-0.15, -0.1) is 11.3 Å². The summed E-state index contributed by atoms with van der Waals surface area (Å²) in [6.07, 6.45) is 0. The van der Waals surface area contributed by atoms with Crippen molar-refractivity contribution in [3.8, 4) is 22.3 Å². The van der Waals surface area contributed by atoms with Crippen LogP contribution in [0, 0.1) is 0 Å². The van der Waals surface area contributed by atoms with Crippen LogP contribution in [0.15, 0.2) is 97.1 Å². The van der Waals surface area contributed by atoms with Crippen LogP contribution < -0.4 is 0 Å². The van der Waals surface area contributed by atoms with Gasteiger partial charge in [0.25, 0.3) is 0 Å². The van der Waals surface area contributed by atoms with E-state index < -0.39 is 0 Å². The molecule has 0 unspecified atom stereocenters. The predicted octanol–water partition coefficient (Wildman–Crippen LogP) is 9.66. The second-order valence-electron chi connectivity index (χ2n) is 10.3. The third-order valence-corrected chi connectivity index (χ3v) is 9.24. The smallest absolute Gasteiger partial charge is 0.0646 e. The van der Waals surface area contributed by atoms with Crippen molar-refractivity contribution in [3.63, 3.8) is 0 Å². The first-order chi connectivity index (χ1) is 17.1. The van der Waals surface area contributed by atoms with Crippen molar-refractivity contribution in [2.45, 2.75) is 19.3 Å². The zero-order valence-electron chi connectivity index (χ0n) is 19.6. The Hall–Kier alpha value is -3.88. The number of thiophene rings is 1. The van der Waals surface area contributed by atoms with Gasteiger partial charge in [0.15, 0.2) is 0 Å². The zero-order valence-corrected chi connectivity index (χ0v) is 20.5. The molecule has 0 atom stereocenters. The van der Waals surface area contributed by atoms with Crippen LogP contribution in [0.5, 0.6) is 0 Å². The number of hydrogen-bond donors (Lipinski definition) is 1. The maximum atomic E-state index is 3.68. The lowest BCUT2D eigenvalue weighted by atomic mass is 9.81. The lowest BCUT2D eigenvalue weighted by molar-refractivity contribution is 0.660. The van der Waals surface area contributed by atoms with E-state index in [1.807, 2.05) is 11.3 Å². The predicted molar refractivity (Wildman–Crippen MR) is 152 cm³/mol. The average molecular weight is 466 g/mol. The molecular formula is C33H23NS. The molecule has 35 heavy (non-hydrogen) atoms. The molecule has 1 aliphatic rings. The van der Waals surface area contributed by atoms with Gasteiger partial charge in [-0.3, -0.25) is 0 Å². The molecule has 0 spiro atoms. The van der Waals surface area contributed by atoms with Crippen molar-refractivity contribution < 1.29 is 0 Å². The van der Waals surface area contributed by atoms with Crippen LogP contribution in [0.25, 0.3) is 64.2 Å². The highest BCUT2D eigenvalue weighted by atomic mass is 32.1. The lowest BCUT2D eigenvalue weighted by Gasteiger charge is -2.22. The number of H-pyrrole nitrogens is 1. The van der Waals surface area contributed by atoms with Crippen molar-refractivity contribution in [1.82, 2.24) is 4.98 Å². The van der Waals surface area contributed by atoms with Crippen LogP contribution in [-0.4, -0.2) is 4.98 Å². The number of aromatic nitrogens is 1. The van der Waals surface area contributed by atoms with E-state index in [4.69, 9.17) is 0 Å². The second kappa shape index (κ2) is 6.62. The summed E-state index contributed by atoms with van der Waals surface area (Å²) < 4.78 is 2.68. The molecule has 0 radical (unpaired) electrons. The van der Waals surface area contributed by atoms with E-state index in [9.17, 15) is 0 Å². The fourth-order valence-electron chi connectivity index (χ4n) is 6.21. The summed E-state index contributed by atoms with van der Waals surface area (Å²) in [5.41, 5.74) is 10.6. The zero-order chi connectivity index (χ0) is 23.3. The molecule has 2 aromatic heterocycles. The monoisotopic (exact) mass is 465 g/mol. The van der Waals surface area contributed by atoms with E-state index in [2.05, 4.69) is 116 Å². The van der Waals surface area contributed by atoms with Gasteiger partial charge in [-0.05, 0) is 57.6 Å². The molecule has 2 heteroatoms. The van der Waals surface area contributed by atoms with Gasteiger partial charge < -0.3 is 4.98 Å². The van der Waals surface area contributed by atoms with Gasteiger partial charge in [-0.25, -0.2) is 0 Å². The first kappa shape index (κ1) is 19.4. The Balaban J connectivity index is 1.33. The van der Waals surface area contributed by atoms with Gasteiger partial charge in [0.2, 0.25) is 0 Å². The minimum Gasteiger partial charge on any atom is -0.353 e. The van der Waals surface area contributed by atoms with Crippen molar-refractivity contribution in [2.24, 2.45) is 0 Å². The largest absolute Gasteiger partial charge is 0.353 e. The summed E-state index contributed by atoms with van der Waals surface area (Å²) >= 11 is 1.89. The van der Waals surface area contributed by atoms with Crippen molar-refractivity contribution in [2.75, 3.05) is 0 Å². The number of aromatic amines is 1. The third kappa shape index (κ3) is 2.53. The Labute approximate surface area is 207 Å². The number of fused-ring (bicyclic) bond motifs is 10. The molecule has 0 saturated carbocycles. The summed E-state index contributed by atoms with van der Waals surface area (Å²) in [4.78, 5) is 3.68. The first-order valence-electron chi connectivity index (χ1n) is 12.2. The molecule has 0 aliphatic heterocycles. The molecule has 1 N–H and O–H groups in total. The molecule has 1 aliphatic carbocycles. The lowest BCUT2D eigenvalue weighted by Crippen LogP contribution is -2.14. The van der Waals surface area contributed by atoms with Crippen LogP contribution >= 0.6 is 11.3 Å². The van der Waals surface area contributed by atoms with Crippen LogP contribution in [0.3, 0.4) is 0 Å². The van der Waals surface area contributed by atoms with Crippen LogP contribution in [-0.2, 0) is 5.41 Å². The van der Waals surface area contributed by atoms with Gasteiger partial charge in [-0.2, -0.15) is 0 Å². The Morgan fingerprint density at radius 1 is 0.600 bits per heavy atom. The third-order valence-electron chi connectivity index (χ3n) is 8.03. The van der Waals surface area contributed by atoms with Crippen LogP contribution in [0.4, 0.5) is 0 Å².